The van der Waals surface area contributed by atoms with E-state index in [1.807, 2.05) is 48.5 Å². The van der Waals surface area contributed by atoms with Gasteiger partial charge in [-0.2, -0.15) is 0 Å². The number of benzene rings is 4. The summed E-state index contributed by atoms with van der Waals surface area (Å²) in [6.07, 6.45) is 1.77. The zero-order chi connectivity index (χ0) is 20.9. The Morgan fingerprint density at radius 2 is 0.833 bits per heavy atom. The number of carbonyl (C=O) groups is 1. The lowest BCUT2D eigenvalue weighted by molar-refractivity contribution is -0.111. The molecule has 0 saturated carbocycles. The molecule has 0 spiro atoms. The van der Waals surface area contributed by atoms with Gasteiger partial charge in [0.1, 0.15) is 6.29 Å². The molecule has 30 heavy (non-hydrogen) atoms. The van der Waals surface area contributed by atoms with E-state index in [0.29, 0.717) is 6.42 Å². The maximum Gasteiger partial charge on any atom is 0.134 e. The highest BCUT2D eigenvalue weighted by molar-refractivity contribution is 5.76. The molecule has 0 amide bonds. The van der Waals surface area contributed by atoms with Crippen molar-refractivity contribution >= 4 is 6.29 Å². The van der Waals surface area contributed by atoms with Crippen molar-refractivity contribution in [2.45, 2.75) is 24.2 Å². The number of rotatable bonds is 7. The third-order valence-corrected chi connectivity index (χ3v) is 6.23. The second-order valence-corrected chi connectivity index (χ2v) is 8.06. The zero-order valence-corrected chi connectivity index (χ0v) is 17.2. The van der Waals surface area contributed by atoms with Crippen molar-refractivity contribution in [1.82, 2.24) is 0 Å². The highest BCUT2D eigenvalue weighted by atomic mass is 16.1. The van der Waals surface area contributed by atoms with E-state index in [1.54, 1.807) is 0 Å². The Balaban J connectivity index is 1.96. The molecule has 0 N–H and O–H groups in total. The van der Waals surface area contributed by atoms with Crippen LogP contribution < -0.4 is 0 Å². The van der Waals surface area contributed by atoms with Gasteiger partial charge in [-0.05, 0) is 28.7 Å². The minimum atomic E-state index is -0.761. The Kier molecular flexibility index (Phi) is 5.63. The molecule has 1 heteroatoms. The van der Waals surface area contributed by atoms with E-state index in [9.17, 15) is 4.79 Å². The summed E-state index contributed by atoms with van der Waals surface area (Å²) in [6, 6.07) is 41.3. The summed E-state index contributed by atoms with van der Waals surface area (Å²) in [5, 5.41) is 0. The largest absolute Gasteiger partial charge is 0.302 e. The first-order valence-corrected chi connectivity index (χ1v) is 10.4. The van der Waals surface area contributed by atoms with Gasteiger partial charge in [-0.25, -0.2) is 0 Å². The standard InChI is InChI=1S/C29H26O/c1-28(24-14-6-2-7-15-24,25-16-8-3-9-17-25)22-29(23-30,26-18-10-4-11-19-26)27-20-12-5-13-21-27/h2-21,23H,22H2,1H3. The fraction of sp³-hybridized carbons (Fsp3) is 0.138. The summed E-state index contributed by atoms with van der Waals surface area (Å²) in [5.74, 6) is 0. The second-order valence-electron chi connectivity index (χ2n) is 8.06. The zero-order valence-electron chi connectivity index (χ0n) is 17.2. The van der Waals surface area contributed by atoms with Crippen LogP contribution in [0.2, 0.25) is 0 Å². The van der Waals surface area contributed by atoms with Crippen molar-refractivity contribution in [3.8, 4) is 0 Å². The van der Waals surface area contributed by atoms with Gasteiger partial charge in [-0.3, -0.25) is 0 Å². The molecule has 4 aromatic carbocycles. The van der Waals surface area contributed by atoms with Crippen molar-refractivity contribution in [2.24, 2.45) is 0 Å². The van der Waals surface area contributed by atoms with Crippen molar-refractivity contribution in [3.05, 3.63) is 144 Å². The van der Waals surface area contributed by atoms with Gasteiger partial charge in [0.2, 0.25) is 0 Å². The molecule has 4 aromatic rings. The van der Waals surface area contributed by atoms with Gasteiger partial charge in [0.15, 0.2) is 0 Å². The van der Waals surface area contributed by atoms with Crippen LogP contribution in [0.15, 0.2) is 121 Å². The predicted molar refractivity (Wildman–Crippen MR) is 124 cm³/mol. The Morgan fingerprint density at radius 3 is 1.13 bits per heavy atom. The van der Waals surface area contributed by atoms with Crippen molar-refractivity contribution < 1.29 is 4.79 Å². The smallest absolute Gasteiger partial charge is 0.134 e. The molecule has 0 heterocycles. The first-order chi connectivity index (χ1) is 14.7. The summed E-state index contributed by atoms with van der Waals surface area (Å²) in [6.45, 7) is 2.25. The molecule has 0 radical (unpaired) electrons. The van der Waals surface area contributed by atoms with Crippen LogP contribution in [0, 0.1) is 0 Å². The molecule has 0 saturated heterocycles. The number of hydrogen-bond donors (Lipinski definition) is 0. The predicted octanol–water partition coefficient (Wildman–Crippen LogP) is 6.57. The van der Waals surface area contributed by atoms with E-state index in [2.05, 4.69) is 79.7 Å². The van der Waals surface area contributed by atoms with Crippen LogP contribution in [0.3, 0.4) is 0 Å². The van der Waals surface area contributed by atoms with E-state index in [0.717, 1.165) is 17.4 Å². The first kappa shape index (κ1) is 19.8. The summed E-state index contributed by atoms with van der Waals surface area (Å²) in [4.78, 5) is 13.0. The van der Waals surface area contributed by atoms with Crippen molar-refractivity contribution in [2.75, 3.05) is 0 Å². The minimum Gasteiger partial charge on any atom is -0.302 e. The van der Waals surface area contributed by atoms with Crippen LogP contribution in [0.5, 0.6) is 0 Å². The normalized spacial score (nSPS) is 11.8. The fourth-order valence-corrected chi connectivity index (χ4v) is 4.56. The SMILES string of the molecule is CC(CC(C=O)(c1ccccc1)c1ccccc1)(c1ccccc1)c1ccccc1. The van der Waals surface area contributed by atoms with Crippen molar-refractivity contribution in [1.29, 1.82) is 0 Å². The molecule has 0 unspecified atom stereocenters. The Labute approximate surface area is 179 Å². The number of carbonyl (C=O) groups excluding carboxylic acids is 1. The van der Waals surface area contributed by atoms with Crippen molar-refractivity contribution in [3.63, 3.8) is 0 Å². The van der Waals surface area contributed by atoms with Crippen LogP contribution in [0.1, 0.15) is 35.6 Å². The molecule has 0 atom stereocenters. The molecule has 1 nitrogen and oxygen atoms in total. The summed E-state index contributed by atoms with van der Waals surface area (Å²) >= 11 is 0. The topological polar surface area (TPSA) is 17.1 Å². The van der Waals surface area contributed by atoms with E-state index >= 15 is 0 Å². The Hall–Kier alpha value is -3.45. The summed E-state index contributed by atoms with van der Waals surface area (Å²) in [5.41, 5.74) is 3.33. The molecular formula is C29H26O. The average Bonchev–Trinajstić information content (AvgIpc) is 2.85. The lowest BCUT2D eigenvalue weighted by Gasteiger charge is -2.40. The third kappa shape index (κ3) is 3.59. The summed E-state index contributed by atoms with van der Waals surface area (Å²) < 4.78 is 0. The van der Waals surface area contributed by atoms with Gasteiger partial charge in [0.25, 0.3) is 0 Å². The van der Waals surface area contributed by atoms with Crippen LogP contribution in [0.25, 0.3) is 0 Å². The molecule has 0 aliphatic heterocycles. The Bertz CT molecular complexity index is 991. The molecule has 0 bridgehead atoms. The lowest BCUT2D eigenvalue weighted by Crippen LogP contribution is -2.39. The number of hydrogen-bond acceptors (Lipinski definition) is 1. The average molecular weight is 391 g/mol. The van der Waals surface area contributed by atoms with Gasteiger partial charge in [-0.15, -0.1) is 0 Å². The van der Waals surface area contributed by atoms with E-state index in [-0.39, 0.29) is 5.41 Å². The second kappa shape index (κ2) is 8.51. The maximum absolute atomic E-state index is 13.0. The van der Waals surface area contributed by atoms with E-state index in [1.165, 1.54) is 11.1 Å². The van der Waals surface area contributed by atoms with Gasteiger partial charge < -0.3 is 4.79 Å². The summed E-state index contributed by atoms with van der Waals surface area (Å²) in [7, 11) is 0. The highest BCUT2D eigenvalue weighted by Gasteiger charge is 2.43. The maximum atomic E-state index is 13.0. The quantitative estimate of drug-likeness (QED) is 0.326. The lowest BCUT2D eigenvalue weighted by atomic mass is 9.61. The van der Waals surface area contributed by atoms with E-state index < -0.39 is 5.41 Å². The third-order valence-electron chi connectivity index (χ3n) is 6.23. The molecule has 0 aliphatic rings. The van der Waals surface area contributed by atoms with E-state index in [4.69, 9.17) is 0 Å². The molecule has 148 valence electrons. The highest BCUT2D eigenvalue weighted by Crippen LogP contribution is 2.46. The first-order valence-electron chi connectivity index (χ1n) is 10.4. The van der Waals surface area contributed by atoms with Crippen LogP contribution in [-0.4, -0.2) is 6.29 Å². The van der Waals surface area contributed by atoms with Crippen LogP contribution in [-0.2, 0) is 15.6 Å². The Morgan fingerprint density at radius 1 is 0.533 bits per heavy atom. The fourth-order valence-electron chi connectivity index (χ4n) is 4.56. The molecule has 0 aliphatic carbocycles. The molecule has 0 fully saturated rings. The van der Waals surface area contributed by atoms with Gasteiger partial charge in [0, 0.05) is 5.41 Å². The van der Waals surface area contributed by atoms with Gasteiger partial charge in [-0.1, -0.05) is 128 Å². The monoisotopic (exact) mass is 390 g/mol. The molecular weight excluding hydrogens is 364 g/mol. The number of aldehydes is 1. The van der Waals surface area contributed by atoms with Crippen LogP contribution in [0.4, 0.5) is 0 Å². The van der Waals surface area contributed by atoms with Gasteiger partial charge >= 0.3 is 0 Å². The minimum absolute atomic E-state index is 0.352. The van der Waals surface area contributed by atoms with Gasteiger partial charge in [0.05, 0.1) is 5.41 Å². The van der Waals surface area contributed by atoms with Crippen LogP contribution >= 0.6 is 0 Å². The molecule has 4 rings (SSSR count). The molecule has 0 aromatic heterocycles.